The number of halogens is 1. The molecule has 0 aliphatic heterocycles. The Bertz CT molecular complexity index is 310. The Morgan fingerprint density at radius 1 is 1.47 bits per heavy atom. The van der Waals surface area contributed by atoms with Crippen LogP contribution in [0.15, 0.2) is 18.2 Å². The first-order valence-electron chi connectivity index (χ1n) is 5.26. The molecule has 0 radical (unpaired) electrons. The summed E-state index contributed by atoms with van der Waals surface area (Å²) in [6.45, 7) is 5.01. The number of hydrogen-bond acceptors (Lipinski definition) is 2. The van der Waals surface area contributed by atoms with Gasteiger partial charge in [0.2, 0.25) is 0 Å². The topological polar surface area (TPSA) is 32.3 Å². The van der Waals surface area contributed by atoms with Crippen LogP contribution in [-0.2, 0) is 6.54 Å². The number of aliphatic hydroxyl groups is 1. The van der Waals surface area contributed by atoms with Crippen LogP contribution in [0.3, 0.4) is 0 Å². The molecule has 0 fully saturated rings. The van der Waals surface area contributed by atoms with E-state index in [1.165, 1.54) is 5.56 Å². The molecule has 1 rings (SSSR count). The van der Waals surface area contributed by atoms with Gasteiger partial charge >= 0.3 is 0 Å². The van der Waals surface area contributed by atoms with Gasteiger partial charge in [-0.2, -0.15) is 0 Å². The van der Waals surface area contributed by atoms with Crippen molar-refractivity contribution in [2.75, 3.05) is 6.61 Å². The summed E-state index contributed by atoms with van der Waals surface area (Å²) in [6, 6.07) is 6.17. The molecule has 1 aromatic carbocycles. The predicted octanol–water partition coefficient (Wildman–Crippen LogP) is 2.51. The lowest BCUT2D eigenvalue weighted by Crippen LogP contribution is -2.31. The van der Waals surface area contributed by atoms with Crippen LogP contribution < -0.4 is 5.32 Å². The van der Waals surface area contributed by atoms with E-state index in [4.69, 9.17) is 16.7 Å². The predicted molar refractivity (Wildman–Crippen MR) is 64.2 cm³/mol. The number of hydrogen-bond donors (Lipinski definition) is 2. The van der Waals surface area contributed by atoms with Gasteiger partial charge in [-0.1, -0.05) is 30.7 Å². The number of nitrogens with one attached hydrogen (secondary N) is 1. The second-order valence-corrected chi connectivity index (χ2v) is 4.16. The molecule has 0 aromatic heterocycles. The first-order chi connectivity index (χ1) is 7.17. The second-order valence-electron chi connectivity index (χ2n) is 3.75. The van der Waals surface area contributed by atoms with Crippen molar-refractivity contribution in [3.8, 4) is 0 Å². The van der Waals surface area contributed by atoms with Crippen LogP contribution >= 0.6 is 11.6 Å². The summed E-state index contributed by atoms with van der Waals surface area (Å²) in [5, 5.41) is 13.1. The SMILES string of the molecule is CC[C@H](CO)NCc1ccc(Cl)c(C)c1. The van der Waals surface area contributed by atoms with Gasteiger partial charge in [-0.3, -0.25) is 0 Å². The Hall–Kier alpha value is -0.570. The zero-order valence-corrected chi connectivity index (χ0v) is 10.0. The lowest BCUT2D eigenvalue weighted by Gasteiger charge is -2.14. The summed E-state index contributed by atoms with van der Waals surface area (Å²) < 4.78 is 0. The van der Waals surface area contributed by atoms with Crippen molar-refractivity contribution in [1.82, 2.24) is 5.32 Å². The Morgan fingerprint density at radius 2 is 2.20 bits per heavy atom. The number of aliphatic hydroxyl groups excluding tert-OH is 1. The third-order valence-corrected chi connectivity index (χ3v) is 2.95. The van der Waals surface area contributed by atoms with Crippen molar-refractivity contribution < 1.29 is 5.11 Å². The Kier molecular flexibility index (Phi) is 5.09. The lowest BCUT2D eigenvalue weighted by molar-refractivity contribution is 0.238. The number of aryl methyl sites for hydroxylation is 1. The molecule has 0 bridgehead atoms. The van der Waals surface area contributed by atoms with Gasteiger partial charge in [0.1, 0.15) is 0 Å². The van der Waals surface area contributed by atoms with E-state index in [1.807, 2.05) is 19.1 Å². The molecule has 0 amide bonds. The van der Waals surface area contributed by atoms with E-state index in [1.54, 1.807) is 0 Å². The van der Waals surface area contributed by atoms with Crippen molar-refractivity contribution >= 4 is 11.6 Å². The van der Waals surface area contributed by atoms with Crippen LogP contribution in [0.25, 0.3) is 0 Å². The molecule has 2 nitrogen and oxygen atoms in total. The summed E-state index contributed by atoms with van der Waals surface area (Å²) in [7, 11) is 0. The summed E-state index contributed by atoms with van der Waals surface area (Å²) >= 11 is 5.94. The van der Waals surface area contributed by atoms with Gasteiger partial charge in [-0.15, -0.1) is 0 Å². The Labute approximate surface area is 96.3 Å². The van der Waals surface area contributed by atoms with Crippen molar-refractivity contribution in [2.24, 2.45) is 0 Å². The van der Waals surface area contributed by atoms with E-state index in [9.17, 15) is 0 Å². The number of rotatable bonds is 5. The fraction of sp³-hybridized carbons (Fsp3) is 0.500. The minimum Gasteiger partial charge on any atom is -0.395 e. The second kappa shape index (κ2) is 6.11. The van der Waals surface area contributed by atoms with Crippen LogP contribution in [0.2, 0.25) is 5.02 Å². The molecule has 0 heterocycles. The van der Waals surface area contributed by atoms with Gasteiger partial charge < -0.3 is 10.4 Å². The first kappa shape index (κ1) is 12.5. The summed E-state index contributed by atoms with van der Waals surface area (Å²) in [5.41, 5.74) is 2.29. The first-order valence-corrected chi connectivity index (χ1v) is 5.64. The molecule has 0 unspecified atom stereocenters. The third kappa shape index (κ3) is 3.82. The quantitative estimate of drug-likeness (QED) is 0.810. The van der Waals surface area contributed by atoms with Gasteiger partial charge in [0, 0.05) is 17.6 Å². The van der Waals surface area contributed by atoms with E-state index in [0.29, 0.717) is 0 Å². The highest BCUT2D eigenvalue weighted by Crippen LogP contribution is 2.16. The minimum absolute atomic E-state index is 0.181. The molecule has 0 aliphatic rings. The largest absolute Gasteiger partial charge is 0.395 e. The maximum atomic E-state index is 9.02. The summed E-state index contributed by atoms with van der Waals surface area (Å²) in [4.78, 5) is 0. The van der Waals surface area contributed by atoms with Gasteiger partial charge in [0.25, 0.3) is 0 Å². The van der Waals surface area contributed by atoms with Crippen LogP contribution in [-0.4, -0.2) is 17.8 Å². The average Bonchev–Trinajstić information content (AvgIpc) is 2.24. The molecule has 1 atom stereocenters. The standard InChI is InChI=1S/C12H18ClNO/c1-3-11(8-15)14-7-10-4-5-12(13)9(2)6-10/h4-6,11,14-15H,3,7-8H2,1-2H3/t11-/m1/s1. The lowest BCUT2D eigenvalue weighted by atomic mass is 10.1. The van der Waals surface area contributed by atoms with E-state index >= 15 is 0 Å². The van der Waals surface area contributed by atoms with Crippen LogP contribution in [0, 0.1) is 6.92 Å². The van der Waals surface area contributed by atoms with Gasteiger partial charge in [0.15, 0.2) is 0 Å². The van der Waals surface area contributed by atoms with Gasteiger partial charge in [-0.05, 0) is 30.5 Å². The van der Waals surface area contributed by atoms with Crippen LogP contribution in [0.1, 0.15) is 24.5 Å². The van der Waals surface area contributed by atoms with Crippen LogP contribution in [0.4, 0.5) is 0 Å². The zero-order chi connectivity index (χ0) is 11.3. The molecule has 1 aromatic rings. The molecule has 0 spiro atoms. The van der Waals surface area contributed by atoms with E-state index in [2.05, 4.69) is 18.3 Å². The maximum Gasteiger partial charge on any atom is 0.0584 e. The molecule has 84 valence electrons. The van der Waals surface area contributed by atoms with Gasteiger partial charge in [-0.25, -0.2) is 0 Å². The Morgan fingerprint density at radius 3 is 2.73 bits per heavy atom. The highest BCUT2D eigenvalue weighted by molar-refractivity contribution is 6.31. The zero-order valence-electron chi connectivity index (χ0n) is 9.26. The highest BCUT2D eigenvalue weighted by atomic mass is 35.5. The van der Waals surface area contributed by atoms with Gasteiger partial charge in [0.05, 0.1) is 6.61 Å². The molecule has 0 saturated heterocycles. The molecular weight excluding hydrogens is 210 g/mol. The van der Waals surface area contributed by atoms with Crippen molar-refractivity contribution in [3.05, 3.63) is 34.3 Å². The fourth-order valence-electron chi connectivity index (χ4n) is 1.42. The van der Waals surface area contributed by atoms with E-state index < -0.39 is 0 Å². The number of benzene rings is 1. The van der Waals surface area contributed by atoms with E-state index in [0.717, 1.165) is 23.6 Å². The van der Waals surface area contributed by atoms with Crippen molar-refractivity contribution in [1.29, 1.82) is 0 Å². The Balaban J connectivity index is 2.54. The smallest absolute Gasteiger partial charge is 0.0584 e. The molecule has 15 heavy (non-hydrogen) atoms. The normalized spacial score (nSPS) is 12.8. The molecule has 0 saturated carbocycles. The van der Waals surface area contributed by atoms with Crippen LogP contribution in [0.5, 0.6) is 0 Å². The maximum absolute atomic E-state index is 9.02. The van der Waals surface area contributed by atoms with E-state index in [-0.39, 0.29) is 12.6 Å². The third-order valence-electron chi connectivity index (χ3n) is 2.53. The molecule has 3 heteroatoms. The molecular formula is C12H18ClNO. The summed E-state index contributed by atoms with van der Waals surface area (Å²) in [5.74, 6) is 0. The summed E-state index contributed by atoms with van der Waals surface area (Å²) in [6.07, 6.45) is 0.934. The molecule has 2 N–H and O–H groups in total. The monoisotopic (exact) mass is 227 g/mol. The van der Waals surface area contributed by atoms with Crippen molar-refractivity contribution in [2.45, 2.75) is 32.9 Å². The molecule has 0 aliphatic carbocycles. The minimum atomic E-state index is 0.181. The highest BCUT2D eigenvalue weighted by Gasteiger charge is 2.03. The fourth-order valence-corrected chi connectivity index (χ4v) is 1.53. The average molecular weight is 228 g/mol. The van der Waals surface area contributed by atoms with Crippen molar-refractivity contribution in [3.63, 3.8) is 0 Å².